The fraction of sp³-hybridized carbons (Fsp3) is 0.538. The lowest BCUT2D eigenvalue weighted by molar-refractivity contribution is 0.173. The van der Waals surface area contributed by atoms with Crippen LogP contribution in [0.1, 0.15) is 30.4 Å². The minimum absolute atomic E-state index is 0.302. The Labute approximate surface area is 102 Å². The first-order valence-corrected chi connectivity index (χ1v) is 5.87. The monoisotopic (exact) mass is 237 g/mol. The van der Waals surface area contributed by atoms with E-state index in [1.54, 1.807) is 7.11 Å². The lowest BCUT2D eigenvalue weighted by atomic mass is 9.93. The highest BCUT2D eigenvalue weighted by Crippen LogP contribution is 2.38. The van der Waals surface area contributed by atoms with Crippen molar-refractivity contribution < 1.29 is 14.2 Å². The van der Waals surface area contributed by atoms with Crippen molar-refractivity contribution in [2.45, 2.75) is 25.9 Å². The highest BCUT2D eigenvalue weighted by atomic mass is 16.7. The van der Waals surface area contributed by atoms with Gasteiger partial charge in [-0.15, -0.1) is 0 Å². The molecule has 1 aromatic rings. The normalized spacial score (nSPS) is 15.0. The summed E-state index contributed by atoms with van der Waals surface area (Å²) in [5.41, 5.74) is 8.00. The van der Waals surface area contributed by atoms with E-state index in [0.29, 0.717) is 25.9 Å². The van der Waals surface area contributed by atoms with Crippen LogP contribution in [0.15, 0.2) is 12.1 Å². The van der Waals surface area contributed by atoms with Crippen LogP contribution >= 0.6 is 0 Å². The van der Waals surface area contributed by atoms with Crippen molar-refractivity contribution in [1.29, 1.82) is 0 Å². The summed E-state index contributed by atoms with van der Waals surface area (Å²) in [4.78, 5) is 0. The Kier molecular flexibility index (Phi) is 3.86. The largest absolute Gasteiger partial charge is 0.454 e. The molecule has 94 valence electrons. The summed E-state index contributed by atoms with van der Waals surface area (Å²) in [7, 11) is 1.70. The molecule has 0 aliphatic carbocycles. The molecule has 0 fully saturated rings. The van der Waals surface area contributed by atoms with Gasteiger partial charge in [-0.05, 0) is 42.1 Å². The van der Waals surface area contributed by atoms with Crippen LogP contribution in [-0.4, -0.2) is 20.4 Å². The lowest BCUT2D eigenvalue weighted by Gasteiger charge is -2.16. The minimum Gasteiger partial charge on any atom is -0.454 e. The Hall–Kier alpha value is -1.26. The molecule has 4 heteroatoms. The third-order valence-electron chi connectivity index (χ3n) is 3.06. The van der Waals surface area contributed by atoms with Gasteiger partial charge in [0, 0.05) is 7.11 Å². The molecule has 2 rings (SSSR count). The van der Waals surface area contributed by atoms with Gasteiger partial charge < -0.3 is 19.9 Å². The topological polar surface area (TPSA) is 53.7 Å². The van der Waals surface area contributed by atoms with Gasteiger partial charge in [-0.3, -0.25) is 0 Å². The van der Waals surface area contributed by atoms with Crippen LogP contribution in [0, 0.1) is 0 Å². The molecule has 0 spiro atoms. The average molecular weight is 237 g/mol. The molecule has 0 bridgehead atoms. The van der Waals surface area contributed by atoms with Crippen LogP contribution in [0.25, 0.3) is 0 Å². The second-order valence-corrected chi connectivity index (χ2v) is 4.32. The predicted molar refractivity (Wildman–Crippen MR) is 65.4 cm³/mol. The molecule has 1 unspecified atom stereocenters. The summed E-state index contributed by atoms with van der Waals surface area (Å²) < 4.78 is 16.0. The van der Waals surface area contributed by atoms with Crippen molar-refractivity contribution in [1.82, 2.24) is 0 Å². The fourth-order valence-electron chi connectivity index (χ4n) is 2.14. The first-order valence-electron chi connectivity index (χ1n) is 5.87. The van der Waals surface area contributed by atoms with Crippen molar-refractivity contribution in [3.05, 3.63) is 23.3 Å². The van der Waals surface area contributed by atoms with Crippen LogP contribution in [0.4, 0.5) is 0 Å². The van der Waals surface area contributed by atoms with Crippen LogP contribution in [0.2, 0.25) is 0 Å². The molecule has 1 aromatic carbocycles. The van der Waals surface area contributed by atoms with E-state index >= 15 is 0 Å². The predicted octanol–water partition coefficient (Wildman–Crippen LogP) is 2.01. The fourth-order valence-corrected chi connectivity index (χ4v) is 2.14. The van der Waals surface area contributed by atoms with Crippen LogP contribution in [-0.2, 0) is 11.3 Å². The van der Waals surface area contributed by atoms with Gasteiger partial charge in [0.15, 0.2) is 11.5 Å². The van der Waals surface area contributed by atoms with Crippen molar-refractivity contribution in [3.8, 4) is 11.5 Å². The molecular formula is C13H19NO3. The highest BCUT2D eigenvalue weighted by molar-refractivity contribution is 5.49. The van der Waals surface area contributed by atoms with E-state index in [1.165, 1.54) is 5.56 Å². The third kappa shape index (κ3) is 2.53. The maximum absolute atomic E-state index is 5.62. The van der Waals surface area contributed by atoms with Crippen molar-refractivity contribution in [3.63, 3.8) is 0 Å². The standard InChI is InChI=1S/C13H19NO3/c1-9(3-4-14)11-6-13-12(16-8-17-13)5-10(11)7-15-2/h5-6,9H,3-4,7-8,14H2,1-2H3. The van der Waals surface area contributed by atoms with Gasteiger partial charge in [0.1, 0.15) is 0 Å². The van der Waals surface area contributed by atoms with Crippen molar-refractivity contribution >= 4 is 0 Å². The van der Waals surface area contributed by atoms with E-state index in [9.17, 15) is 0 Å². The Bertz CT molecular complexity index is 392. The number of fused-ring (bicyclic) bond motifs is 1. The molecule has 1 atom stereocenters. The molecule has 0 saturated heterocycles. The van der Waals surface area contributed by atoms with Gasteiger partial charge in [-0.2, -0.15) is 0 Å². The molecule has 1 heterocycles. The van der Waals surface area contributed by atoms with Crippen LogP contribution < -0.4 is 15.2 Å². The third-order valence-corrected chi connectivity index (χ3v) is 3.06. The lowest BCUT2D eigenvalue weighted by Crippen LogP contribution is -2.07. The van der Waals surface area contributed by atoms with Crippen LogP contribution in [0.5, 0.6) is 11.5 Å². The summed E-state index contributed by atoms with van der Waals surface area (Å²) in [6.45, 7) is 3.74. The van der Waals surface area contributed by atoms with E-state index in [0.717, 1.165) is 23.5 Å². The molecule has 1 aliphatic heterocycles. The van der Waals surface area contributed by atoms with E-state index in [1.807, 2.05) is 6.07 Å². The van der Waals surface area contributed by atoms with Gasteiger partial charge in [-0.1, -0.05) is 6.92 Å². The second kappa shape index (κ2) is 5.38. The molecule has 0 radical (unpaired) electrons. The number of benzene rings is 1. The van der Waals surface area contributed by atoms with Crippen molar-refractivity contribution in [2.75, 3.05) is 20.4 Å². The Balaban J connectivity index is 2.33. The van der Waals surface area contributed by atoms with Gasteiger partial charge >= 0.3 is 0 Å². The summed E-state index contributed by atoms with van der Waals surface area (Å²) in [5.74, 6) is 2.03. The summed E-state index contributed by atoms with van der Waals surface area (Å²) >= 11 is 0. The Morgan fingerprint density at radius 2 is 2.06 bits per heavy atom. The van der Waals surface area contributed by atoms with Crippen LogP contribution in [0.3, 0.4) is 0 Å². The number of hydrogen-bond donors (Lipinski definition) is 1. The second-order valence-electron chi connectivity index (χ2n) is 4.32. The smallest absolute Gasteiger partial charge is 0.231 e. The molecule has 17 heavy (non-hydrogen) atoms. The zero-order valence-corrected chi connectivity index (χ0v) is 10.4. The molecule has 4 nitrogen and oxygen atoms in total. The Morgan fingerprint density at radius 3 is 2.71 bits per heavy atom. The quantitative estimate of drug-likeness (QED) is 0.851. The highest BCUT2D eigenvalue weighted by Gasteiger charge is 2.19. The van der Waals surface area contributed by atoms with Gasteiger partial charge in [0.2, 0.25) is 6.79 Å². The molecule has 1 aliphatic rings. The SMILES string of the molecule is COCc1cc2c(cc1C(C)CCN)OCO2. The summed E-state index contributed by atoms with van der Waals surface area (Å²) in [5, 5.41) is 0. The van der Waals surface area contributed by atoms with Gasteiger partial charge in [-0.25, -0.2) is 0 Å². The Morgan fingerprint density at radius 1 is 1.35 bits per heavy atom. The molecular weight excluding hydrogens is 218 g/mol. The van der Waals surface area contributed by atoms with Gasteiger partial charge in [0.05, 0.1) is 6.61 Å². The minimum atomic E-state index is 0.302. The average Bonchev–Trinajstić information content (AvgIpc) is 2.75. The van der Waals surface area contributed by atoms with E-state index in [4.69, 9.17) is 19.9 Å². The maximum atomic E-state index is 5.62. The first-order chi connectivity index (χ1) is 8.26. The zero-order chi connectivity index (χ0) is 12.3. The molecule has 0 aromatic heterocycles. The van der Waals surface area contributed by atoms with Gasteiger partial charge in [0.25, 0.3) is 0 Å². The number of hydrogen-bond acceptors (Lipinski definition) is 4. The first kappa shape index (κ1) is 12.2. The number of nitrogens with two attached hydrogens (primary N) is 1. The molecule has 2 N–H and O–H groups in total. The van der Waals surface area contributed by atoms with Crippen molar-refractivity contribution in [2.24, 2.45) is 5.73 Å². The number of ether oxygens (including phenoxy) is 3. The molecule has 0 saturated carbocycles. The summed E-state index contributed by atoms with van der Waals surface area (Å²) in [6, 6.07) is 4.06. The summed E-state index contributed by atoms with van der Waals surface area (Å²) in [6.07, 6.45) is 0.955. The van der Waals surface area contributed by atoms with E-state index < -0.39 is 0 Å². The van der Waals surface area contributed by atoms with E-state index in [2.05, 4.69) is 13.0 Å². The number of rotatable bonds is 5. The zero-order valence-electron chi connectivity index (χ0n) is 10.4. The van der Waals surface area contributed by atoms with E-state index in [-0.39, 0.29) is 0 Å². The molecule has 0 amide bonds. The maximum Gasteiger partial charge on any atom is 0.231 e. The number of methoxy groups -OCH3 is 1.